The Bertz CT molecular complexity index is 359. The highest BCUT2D eigenvalue weighted by molar-refractivity contribution is 5.36. The van der Waals surface area contributed by atoms with Crippen molar-refractivity contribution in [1.29, 1.82) is 0 Å². The zero-order valence-electron chi connectivity index (χ0n) is 9.90. The maximum Gasteiger partial charge on any atom is 0.119 e. The molecule has 0 bridgehead atoms. The smallest absolute Gasteiger partial charge is 0.119 e. The quantitative estimate of drug-likeness (QED) is 0.841. The molecule has 2 N–H and O–H groups in total. The second-order valence-corrected chi connectivity index (χ2v) is 4.40. The van der Waals surface area contributed by atoms with Gasteiger partial charge >= 0.3 is 0 Å². The van der Waals surface area contributed by atoms with Crippen LogP contribution in [0.15, 0.2) is 24.3 Å². The highest BCUT2D eigenvalue weighted by Crippen LogP contribution is 2.36. The van der Waals surface area contributed by atoms with Crippen molar-refractivity contribution in [3.63, 3.8) is 0 Å². The Morgan fingerprint density at radius 3 is 2.75 bits per heavy atom. The highest BCUT2D eigenvalue weighted by Gasteiger charge is 2.43. The number of hydrogen-bond acceptors (Lipinski definition) is 3. The van der Waals surface area contributed by atoms with Gasteiger partial charge in [-0.3, -0.25) is 0 Å². The van der Waals surface area contributed by atoms with Crippen LogP contribution in [0.4, 0.5) is 0 Å². The summed E-state index contributed by atoms with van der Waals surface area (Å²) in [7, 11) is 0. The Balaban J connectivity index is 2.28. The first-order valence-electron chi connectivity index (χ1n) is 5.76. The Morgan fingerprint density at radius 2 is 2.25 bits per heavy atom. The second-order valence-electron chi connectivity index (χ2n) is 4.40. The van der Waals surface area contributed by atoms with Crippen molar-refractivity contribution in [2.45, 2.75) is 25.3 Å². The van der Waals surface area contributed by atoms with Gasteiger partial charge in [-0.15, -0.1) is 0 Å². The molecule has 0 radical (unpaired) electrons. The summed E-state index contributed by atoms with van der Waals surface area (Å²) < 4.78 is 10.8. The Hall–Kier alpha value is -1.06. The highest BCUT2D eigenvalue weighted by atomic mass is 16.5. The van der Waals surface area contributed by atoms with Gasteiger partial charge in [0.05, 0.1) is 25.2 Å². The summed E-state index contributed by atoms with van der Waals surface area (Å²) in [6, 6.07) is 8.27. The van der Waals surface area contributed by atoms with Crippen LogP contribution in [0, 0.1) is 0 Å². The first-order chi connectivity index (χ1) is 7.69. The van der Waals surface area contributed by atoms with Gasteiger partial charge in [0.25, 0.3) is 0 Å². The summed E-state index contributed by atoms with van der Waals surface area (Å²) in [6.07, 6.45) is 0. The molecule has 1 aliphatic rings. The number of hydrogen-bond donors (Lipinski definition) is 1. The summed E-state index contributed by atoms with van der Waals surface area (Å²) in [5, 5.41) is 0. The van der Waals surface area contributed by atoms with Crippen molar-refractivity contribution in [1.82, 2.24) is 0 Å². The molecule has 0 amide bonds. The summed E-state index contributed by atoms with van der Waals surface area (Å²) in [4.78, 5) is 0. The number of ether oxygens (including phenoxy) is 2. The Morgan fingerprint density at radius 1 is 1.50 bits per heavy atom. The molecule has 0 spiro atoms. The van der Waals surface area contributed by atoms with Crippen LogP contribution in [-0.2, 0) is 10.2 Å². The summed E-state index contributed by atoms with van der Waals surface area (Å²) in [6.45, 7) is 6.13. The molecule has 0 aromatic heterocycles. The summed E-state index contributed by atoms with van der Waals surface area (Å²) in [5.74, 6) is 0.909. The molecule has 1 saturated heterocycles. The minimum atomic E-state index is -0.0207. The zero-order chi connectivity index (χ0) is 11.6. The fourth-order valence-electron chi connectivity index (χ4n) is 2.08. The fraction of sp³-hybridized carbons (Fsp3) is 0.538. The van der Waals surface area contributed by atoms with E-state index in [0.29, 0.717) is 19.8 Å². The molecular weight excluding hydrogens is 202 g/mol. The maximum atomic E-state index is 6.07. The predicted molar refractivity (Wildman–Crippen MR) is 63.8 cm³/mol. The lowest BCUT2D eigenvalue weighted by Gasteiger charge is -2.45. The minimum Gasteiger partial charge on any atom is -0.494 e. The lowest BCUT2D eigenvalue weighted by Crippen LogP contribution is -2.57. The lowest BCUT2D eigenvalue weighted by molar-refractivity contribution is -0.0702. The number of nitrogens with two attached hydrogens (primary N) is 1. The van der Waals surface area contributed by atoms with Crippen molar-refractivity contribution >= 4 is 0 Å². The average molecular weight is 221 g/mol. The topological polar surface area (TPSA) is 44.5 Å². The molecule has 1 aromatic carbocycles. The predicted octanol–water partition coefficient (Wildman–Crippen LogP) is 1.70. The maximum absolute atomic E-state index is 6.07. The summed E-state index contributed by atoms with van der Waals surface area (Å²) >= 11 is 0. The van der Waals surface area contributed by atoms with Crippen LogP contribution in [0.25, 0.3) is 0 Å². The van der Waals surface area contributed by atoms with E-state index in [0.717, 1.165) is 5.75 Å². The van der Waals surface area contributed by atoms with Crippen LogP contribution >= 0.6 is 0 Å². The zero-order valence-corrected chi connectivity index (χ0v) is 9.90. The average Bonchev–Trinajstić information content (AvgIpc) is 2.16. The molecule has 16 heavy (non-hydrogen) atoms. The van der Waals surface area contributed by atoms with Crippen LogP contribution in [0.3, 0.4) is 0 Å². The van der Waals surface area contributed by atoms with Gasteiger partial charge in [-0.05, 0) is 31.5 Å². The van der Waals surface area contributed by atoms with Gasteiger partial charge < -0.3 is 15.2 Å². The molecule has 88 valence electrons. The lowest BCUT2D eigenvalue weighted by atomic mass is 9.73. The van der Waals surface area contributed by atoms with Crippen LogP contribution < -0.4 is 10.5 Å². The third-order valence-electron chi connectivity index (χ3n) is 3.31. The van der Waals surface area contributed by atoms with E-state index >= 15 is 0 Å². The minimum absolute atomic E-state index is 0.0207. The first-order valence-corrected chi connectivity index (χ1v) is 5.76. The van der Waals surface area contributed by atoms with E-state index in [2.05, 4.69) is 12.1 Å². The van der Waals surface area contributed by atoms with E-state index in [4.69, 9.17) is 15.2 Å². The van der Waals surface area contributed by atoms with Gasteiger partial charge in [-0.25, -0.2) is 0 Å². The molecule has 1 aromatic rings. The van der Waals surface area contributed by atoms with Gasteiger partial charge in [0.15, 0.2) is 0 Å². The summed E-state index contributed by atoms with van der Waals surface area (Å²) in [5.41, 5.74) is 7.27. The van der Waals surface area contributed by atoms with E-state index in [1.807, 2.05) is 26.0 Å². The molecule has 1 atom stereocenters. The third-order valence-corrected chi connectivity index (χ3v) is 3.31. The number of benzene rings is 1. The normalized spacial score (nSPS) is 19.9. The molecular formula is C13H19NO2. The van der Waals surface area contributed by atoms with E-state index < -0.39 is 0 Å². The Kier molecular flexibility index (Phi) is 3.17. The van der Waals surface area contributed by atoms with Crippen LogP contribution in [0.1, 0.15) is 19.4 Å². The van der Waals surface area contributed by atoms with Crippen LogP contribution in [0.5, 0.6) is 5.75 Å². The monoisotopic (exact) mass is 221 g/mol. The standard InChI is InChI=1S/C13H19NO2/c1-3-16-12-6-4-5-11(7-12)13(10(2)14)8-15-9-13/h4-7,10H,3,8-9,14H2,1-2H3. The van der Waals surface area contributed by atoms with Gasteiger partial charge in [0.2, 0.25) is 0 Å². The van der Waals surface area contributed by atoms with Crippen molar-refractivity contribution < 1.29 is 9.47 Å². The van der Waals surface area contributed by atoms with Gasteiger partial charge in [-0.2, -0.15) is 0 Å². The van der Waals surface area contributed by atoms with Crippen LogP contribution in [-0.4, -0.2) is 25.9 Å². The van der Waals surface area contributed by atoms with Crippen molar-refractivity contribution in [3.8, 4) is 5.75 Å². The second kappa shape index (κ2) is 4.44. The van der Waals surface area contributed by atoms with Gasteiger partial charge in [0.1, 0.15) is 5.75 Å². The van der Waals surface area contributed by atoms with E-state index in [1.165, 1.54) is 5.56 Å². The first kappa shape index (κ1) is 11.4. The van der Waals surface area contributed by atoms with E-state index in [-0.39, 0.29) is 11.5 Å². The molecule has 2 rings (SSSR count). The van der Waals surface area contributed by atoms with E-state index in [9.17, 15) is 0 Å². The SMILES string of the molecule is CCOc1cccc(C2(C(C)N)COC2)c1. The molecule has 1 fully saturated rings. The van der Waals surface area contributed by atoms with Crippen LogP contribution in [0.2, 0.25) is 0 Å². The molecule has 3 heteroatoms. The molecule has 0 saturated carbocycles. The third kappa shape index (κ3) is 1.81. The van der Waals surface area contributed by atoms with Crippen molar-refractivity contribution in [2.24, 2.45) is 5.73 Å². The molecule has 3 nitrogen and oxygen atoms in total. The van der Waals surface area contributed by atoms with Crippen molar-refractivity contribution in [2.75, 3.05) is 19.8 Å². The molecule has 1 heterocycles. The van der Waals surface area contributed by atoms with Crippen molar-refractivity contribution in [3.05, 3.63) is 29.8 Å². The Labute approximate surface area is 96.5 Å². The molecule has 0 aliphatic carbocycles. The largest absolute Gasteiger partial charge is 0.494 e. The van der Waals surface area contributed by atoms with Gasteiger partial charge in [0, 0.05) is 6.04 Å². The molecule has 1 unspecified atom stereocenters. The van der Waals surface area contributed by atoms with E-state index in [1.54, 1.807) is 0 Å². The number of rotatable bonds is 4. The molecule has 1 aliphatic heterocycles. The van der Waals surface area contributed by atoms with Gasteiger partial charge in [-0.1, -0.05) is 12.1 Å². The fourth-order valence-corrected chi connectivity index (χ4v) is 2.08.